The van der Waals surface area contributed by atoms with Crippen LogP contribution in [0.25, 0.3) is 6.08 Å². The second-order valence-corrected chi connectivity index (χ2v) is 6.25. The highest BCUT2D eigenvalue weighted by Crippen LogP contribution is 2.38. The Hall–Kier alpha value is -0.875. The van der Waals surface area contributed by atoms with E-state index in [4.69, 9.17) is 26.6 Å². The van der Waals surface area contributed by atoms with Gasteiger partial charge in [0.1, 0.15) is 5.15 Å². The van der Waals surface area contributed by atoms with Gasteiger partial charge in [-0.2, -0.15) is 0 Å². The van der Waals surface area contributed by atoms with Crippen molar-refractivity contribution in [3.8, 4) is 0 Å². The molecule has 6 heteroatoms. The van der Waals surface area contributed by atoms with Crippen molar-refractivity contribution in [1.29, 1.82) is 0 Å². The van der Waals surface area contributed by atoms with Crippen molar-refractivity contribution in [1.82, 2.24) is 4.98 Å². The van der Waals surface area contributed by atoms with E-state index in [1.54, 1.807) is 6.20 Å². The Morgan fingerprint density at radius 1 is 1.35 bits per heavy atom. The number of halogens is 1. The SMILES string of the molecule is CC1(C)OB(C(=Cc2cccnc2Cl)CN)OC1(C)C. The monoisotopic (exact) mass is 294 g/mol. The molecule has 0 aliphatic carbocycles. The molecule has 2 heterocycles. The third-order valence-corrected chi connectivity index (χ3v) is 4.24. The largest absolute Gasteiger partial charge is 0.491 e. The van der Waals surface area contributed by atoms with Crippen LogP contribution in [0, 0.1) is 0 Å². The number of rotatable bonds is 3. The lowest BCUT2D eigenvalue weighted by Gasteiger charge is -2.32. The average Bonchev–Trinajstić information content (AvgIpc) is 2.57. The summed E-state index contributed by atoms with van der Waals surface area (Å²) in [5, 5.41) is 0.440. The number of pyridine rings is 1. The van der Waals surface area contributed by atoms with E-state index in [0.29, 0.717) is 11.7 Å². The predicted molar refractivity (Wildman–Crippen MR) is 82.4 cm³/mol. The number of nitrogens with zero attached hydrogens (tertiary/aromatic N) is 1. The van der Waals surface area contributed by atoms with Gasteiger partial charge in [-0.1, -0.05) is 23.7 Å². The Morgan fingerprint density at radius 3 is 2.45 bits per heavy atom. The molecule has 20 heavy (non-hydrogen) atoms. The van der Waals surface area contributed by atoms with Crippen LogP contribution in [0.2, 0.25) is 5.15 Å². The molecule has 0 atom stereocenters. The number of hydrogen-bond donors (Lipinski definition) is 1. The van der Waals surface area contributed by atoms with Gasteiger partial charge in [0, 0.05) is 18.3 Å². The Morgan fingerprint density at radius 2 is 1.95 bits per heavy atom. The predicted octanol–water partition coefficient (Wildman–Crippen LogP) is 2.71. The molecule has 0 radical (unpaired) electrons. The molecule has 0 spiro atoms. The first-order chi connectivity index (χ1) is 9.27. The molecule has 1 saturated heterocycles. The Bertz CT molecular complexity index is 516. The molecule has 1 aromatic rings. The molecule has 1 aliphatic rings. The fourth-order valence-electron chi connectivity index (χ4n) is 1.92. The summed E-state index contributed by atoms with van der Waals surface area (Å²) in [6.45, 7) is 8.38. The van der Waals surface area contributed by atoms with Crippen LogP contribution in [0.4, 0.5) is 0 Å². The molecule has 1 aliphatic heterocycles. The molecular formula is C14H20BClN2O2. The Kier molecular flexibility index (Phi) is 4.26. The van der Waals surface area contributed by atoms with Crippen LogP contribution in [0.15, 0.2) is 23.8 Å². The minimum atomic E-state index is -0.457. The summed E-state index contributed by atoms with van der Waals surface area (Å²) in [5.41, 5.74) is 6.72. The van der Waals surface area contributed by atoms with Gasteiger partial charge in [0.05, 0.1) is 11.2 Å². The maximum absolute atomic E-state index is 6.07. The van der Waals surface area contributed by atoms with Gasteiger partial charge in [-0.05, 0) is 39.2 Å². The lowest BCUT2D eigenvalue weighted by atomic mass is 9.77. The van der Waals surface area contributed by atoms with Gasteiger partial charge in [-0.3, -0.25) is 0 Å². The average molecular weight is 295 g/mol. The highest BCUT2D eigenvalue weighted by Gasteiger charge is 2.52. The molecule has 0 amide bonds. The van der Waals surface area contributed by atoms with E-state index < -0.39 is 7.12 Å². The van der Waals surface area contributed by atoms with Crippen molar-refractivity contribution in [3.05, 3.63) is 34.5 Å². The zero-order chi connectivity index (χ0) is 15.0. The van der Waals surface area contributed by atoms with Crippen LogP contribution < -0.4 is 5.73 Å². The summed E-state index contributed by atoms with van der Waals surface area (Å²) in [5.74, 6) is 0. The minimum Gasteiger partial charge on any atom is -0.400 e. The molecule has 0 saturated carbocycles. The number of nitrogens with two attached hydrogens (primary N) is 1. The number of aromatic nitrogens is 1. The van der Waals surface area contributed by atoms with Crippen LogP contribution in [0.3, 0.4) is 0 Å². The fraction of sp³-hybridized carbons (Fsp3) is 0.500. The summed E-state index contributed by atoms with van der Waals surface area (Å²) in [6, 6.07) is 3.71. The van der Waals surface area contributed by atoms with Crippen LogP contribution >= 0.6 is 11.6 Å². The van der Waals surface area contributed by atoms with Gasteiger partial charge in [0.2, 0.25) is 0 Å². The van der Waals surface area contributed by atoms with Gasteiger partial charge in [0.25, 0.3) is 0 Å². The third kappa shape index (κ3) is 2.91. The number of hydrogen-bond acceptors (Lipinski definition) is 4. The van der Waals surface area contributed by atoms with Crippen molar-refractivity contribution in [3.63, 3.8) is 0 Å². The lowest BCUT2D eigenvalue weighted by Crippen LogP contribution is -2.41. The van der Waals surface area contributed by atoms with Crippen LogP contribution in [0.5, 0.6) is 0 Å². The van der Waals surface area contributed by atoms with E-state index in [-0.39, 0.29) is 11.2 Å². The van der Waals surface area contributed by atoms with Gasteiger partial charge in [0.15, 0.2) is 0 Å². The first-order valence-corrected chi connectivity index (χ1v) is 7.01. The van der Waals surface area contributed by atoms with Gasteiger partial charge in [-0.15, -0.1) is 0 Å². The molecule has 0 aromatic carbocycles. The zero-order valence-corrected chi connectivity index (χ0v) is 13.1. The standard InChI is InChI=1S/C14H20BClN2O2/c1-13(2)14(3,4)20-15(19-13)11(9-17)8-10-6-5-7-18-12(10)16/h5-8H,9,17H2,1-4H3. The van der Waals surface area contributed by atoms with Gasteiger partial charge >= 0.3 is 7.12 Å². The first kappa shape index (κ1) is 15.5. The van der Waals surface area contributed by atoms with Gasteiger partial charge < -0.3 is 15.0 Å². The van der Waals surface area contributed by atoms with Crippen LogP contribution in [0.1, 0.15) is 33.3 Å². The van der Waals surface area contributed by atoms with E-state index in [9.17, 15) is 0 Å². The van der Waals surface area contributed by atoms with Crippen LogP contribution in [-0.2, 0) is 9.31 Å². The van der Waals surface area contributed by atoms with Crippen molar-refractivity contribution < 1.29 is 9.31 Å². The lowest BCUT2D eigenvalue weighted by molar-refractivity contribution is 0.00578. The molecule has 108 valence electrons. The highest BCUT2D eigenvalue weighted by molar-refractivity contribution is 6.56. The maximum atomic E-state index is 6.07. The van der Waals surface area contributed by atoms with E-state index in [1.807, 2.05) is 45.9 Å². The molecule has 1 fully saturated rings. The van der Waals surface area contributed by atoms with Crippen molar-refractivity contribution >= 4 is 24.8 Å². The van der Waals surface area contributed by atoms with E-state index in [2.05, 4.69) is 4.98 Å². The smallest absolute Gasteiger partial charge is 0.400 e. The molecule has 0 bridgehead atoms. The zero-order valence-electron chi connectivity index (χ0n) is 12.3. The quantitative estimate of drug-likeness (QED) is 0.688. The third-order valence-electron chi connectivity index (χ3n) is 3.92. The van der Waals surface area contributed by atoms with Crippen molar-refractivity contribution in [2.45, 2.75) is 38.9 Å². The van der Waals surface area contributed by atoms with E-state index in [0.717, 1.165) is 11.0 Å². The summed E-state index contributed by atoms with van der Waals surface area (Å²) in [6.07, 6.45) is 3.54. The summed E-state index contributed by atoms with van der Waals surface area (Å²) < 4.78 is 12.0. The van der Waals surface area contributed by atoms with Gasteiger partial charge in [-0.25, -0.2) is 4.98 Å². The Balaban J connectivity index is 2.29. The molecule has 2 N–H and O–H groups in total. The normalized spacial score (nSPS) is 21.3. The summed E-state index contributed by atoms with van der Waals surface area (Å²) in [4.78, 5) is 4.05. The van der Waals surface area contributed by atoms with Crippen LogP contribution in [-0.4, -0.2) is 29.8 Å². The molecule has 2 rings (SSSR count). The van der Waals surface area contributed by atoms with E-state index in [1.165, 1.54) is 0 Å². The molecular weight excluding hydrogens is 274 g/mol. The topological polar surface area (TPSA) is 57.4 Å². The molecule has 4 nitrogen and oxygen atoms in total. The van der Waals surface area contributed by atoms with Crippen molar-refractivity contribution in [2.75, 3.05) is 6.54 Å². The summed E-state index contributed by atoms with van der Waals surface area (Å²) >= 11 is 6.07. The highest BCUT2D eigenvalue weighted by atomic mass is 35.5. The second-order valence-electron chi connectivity index (χ2n) is 5.90. The minimum absolute atomic E-state index is 0.335. The van der Waals surface area contributed by atoms with Crippen molar-refractivity contribution in [2.24, 2.45) is 5.73 Å². The second kappa shape index (κ2) is 5.49. The summed E-state index contributed by atoms with van der Waals surface area (Å²) in [7, 11) is -0.457. The molecule has 1 aromatic heterocycles. The fourth-order valence-corrected chi connectivity index (χ4v) is 2.10. The molecule has 0 unspecified atom stereocenters. The Labute approximate surface area is 125 Å². The maximum Gasteiger partial charge on any atom is 0.491 e. The first-order valence-electron chi connectivity index (χ1n) is 6.63. The van der Waals surface area contributed by atoms with E-state index >= 15 is 0 Å².